The first-order valence-corrected chi connectivity index (χ1v) is 5.83. The minimum atomic E-state index is -0.656. The summed E-state index contributed by atoms with van der Waals surface area (Å²) >= 11 is 0. The molecule has 0 bridgehead atoms. The molecular weight excluding hydrogens is 236 g/mol. The molecule has 1 aliphatic heterocycles. The molecule has 6 nitrogen and oxygen atoms in total. The van der Waals surface area contributed by atoms with E-state index in [9.17, 15) is 15.2 Å². The zero-order chi connectivity index (χ0) is 13.3. The lowest BCUT2D eigenvalue weighted by atomic mass is 10.2. The number of morpholine rings is 1. The van der Waals surface area contributed by atoms with Crippen LogP contribution in [0.3, 0.4) is 0 Å². The maximum Gasteiger partial charge on any atom is 0.261 e. The van der Waals surface area contributed by atoms with Gasteiger partial charge in [0.15, 0.2) is 0 Å². The third kappa shape index (κ3) is 2.53. The van der Waals surface area contributed by atoms with E-state index in [0.717, 1.165) is 0 Å². The number of nitro benzene ring substituents is 1. The van der Waals surface area contributed by atoms with Gasteiger partial charge in [-0.05, 0) is 31.7 Å². The van der Waals surface area contributed by atoms with Crippen LogP contribution >= 0.6 is 0 Å². The molecule has 0 N–H and O–H groups in total. The molecule has 18 heavy (non-hydrogen) atoms. The van der Waals surface area contributed by atoms with Crippen LogP contribution in [-0.2, 0) is 4.74 Å². The molecule has 0 spiro atoms. The lowest BCUT2D eigenvalue weighted by Crippen LogP contribution is -2.45. The second-order valence-corrected chi connectivity index (χ2v) is 4.57. The normalized spacial score (nSPS) is 24.0. The highest BCUT2D eigenvalue weighted by Gasteiger charge is 2.22. The van der Waals surface area contributed by atoms with Crippen LogP contribution in [0.15, 0.2) is 18.2 Å². The van der Waals surface area contributed by atoms with Crippen molar-refractivity contribution in [3.63, 3.8) is 0 Å². The van der Waals surface area contributed by atoms with Gasteiger partial charge in [0.2, 0.25) is 0 Å². The Morgan fingerprint density at radius 3 is 2.44 bits per heavy atom. The second-order valence-electron chi connectivity index (χ2n) is 4.57. The molecule has 1 aliphatic rings. The zero-order valence-corrected chi connectivity index (χ0v) is 10.3. The smallest absolute Gasteiger partial charge is 0.261 e. The third-order valence-corrected chi connectivity index (χ3v) is 2.92. The first kappa shape index (κ1) is 12.6. The van der Waals surface area contributed by atoms with Crippen LogP contribution in [0.1, 0.15) is 13.8 Å². The molecule has 0 unspecified atom stereocenters. The first-order valence-electron chi connectivity index (χ1n) is 5.83. The lowest BCUT2D eigenvalue weighted by molar-refractivity contribution is -0.398. The summed E-state index contributed by atoms with van der Waals surface area (Å²) in [7, 11) is 0. The third-order valence-electron chi connectivity index (χ3n) is 2.92. The molecule has 6 heteroatoms. The van der Waals surface area contributed by atoms with E-state index in [-0.39, 0.29) is 17.9 Å². The van der Waals surface area contributed by atoms with Gasteiger partial charge in [0.05, 0.1) is 17.1 Å². The van der Waals surface area contributed by atoms with Crippen molar-refractivity contribution in [1.82, 2.24) is 0 Å². The van der Waals surface area contributed by atoms with E-state index in [2.05, 4.69) is 0 Å². The van der Waals surface area contributed by atoms with Gasteiger partial charge in [-0.2, -0.15) is 0 Å². The largest absolute Gasteiger partial charge is 0.868 e. The van der Waals surface area contributed by atoms with Gasteiger partial charge in [0, 0.05) is 24.8 Å². The predicted octanol–water partition coefficient (Wildman–Crippen LogP) is 1.28. The maximum absolute atomic E-state index is 11.6. The van der Waals surface area contributed by atoms with Gasteiger partial charge >= 0.3 is 0 Å². The molecule has 1 saturated heterocycles. The average molecular weight is 251 g/mol. The molecule has 0 amide bonds. The van der Waals surface area contributed by atoms with Crippen molar-refractivity contribution in [1.29, 1.82) is 0 Å². The molecule has 0 saturated carbocycles. The van der Waals surface area contributed by atoms with E-state index in [0.29, 0.717) is 18.8 Å². The Morgan fingerprint density at radius 1 is 1.33 bits per heavy atom. The molecule has 98 valence electrons. The summed E-state index contributed by atoms with van der Waals surface area (Å²) in [6, 6.07) is 4.20. The van der Waals surface area contributed by atoms with E-state index in [1.165, 1.54) is 12.1 Å². The molecule has 0 aromatic heterocycles. The molecule has 2 rings (SSSR count). The molecule has 2 atom stereocenters. The van der Waals surface area contributed by atoms with Crippen molar-refractivity contribution in [3.8, 4) is 5.75 Å². The van der Waals surface area contributed by atoms with Gasteiger partial charge in [-0.1, -0.05) is 0 Å². The van der Waals surface area contributed by atoms with E-state index in [4.69, 9.17) is 4.74 Å². The van der Waals surface area contributed by atoms with E-state index < -0.39 is 10.7 Å². The number of rotatable bonds is 2. The van der Waals surface area contributed by atoms with Gasteiger partial charge in [-0.3, -0.25) is 10.1 Å². The summed E-state index contributed by atoms with van der Waals surface area (Å²) in [5.74, 6) is -0.552. The number of nitrogens with zero attached hydrogens (tertiary/aromatic N) is 2. The molecule has 1 aromatic carbocycles. The van der Waals surface area contributed by atoms with Crippen LogP contribution in [0, 0.1) is 10.1 Å². The topological polar surface area (TPSA) is 78.7 Å². The number of benzene rings is 1. The number of hydrogen-bond donors (Lipinski definition) is 0. The van der Waals surface area contributed by atoms with Crippen LogP contribution in [0.25, 0.3) is 0 Å². The van der Waals surface area contributed by atoms with Crippen LogP contribution in [-0.4, -0.2) is 30.2 Å². The van der Waals surface area contributed by atoms with Crippen molar-refractivity contribution in [2.45, 2.75) is 26.1 Å². The molecular formula is C12H15N2O4-. The van der Waals surface area contributed by atoms with Gasteiger partial charge in [-0.15, -0.1) is 0 Å². The Bertz CT molecular complexity index is 453. The van der Waals surface area contributed by atoms with Gasteiger partial charge < -0.3 is 14.7 Å². The molecule has 0 aliphatic carbocycles. The highest BCUT2D eigenvalue weighted by Crippen LogP contribution is 2.29. The van der Waals surface area contributed by atoms with Crippen LogP contribution in [0.2, 0.25) is 0 Å². The van der Waals surface area contributed by atoms with Crippen molar-refractivity contribution in [2.75, 3.05) is 18.0 Å². The zero-order valence-electron chi connectivity index (χ0n) is 10.3. The van der Waals surface area contributed by atoms with Crippen LogP contribution < -0.4 is 10.0 Å². The highest BCUT2D eigenvalue weighted by atomic mass is 16.6. The summed E-state index contributed by atoms with van der Waals surface area (Å²) in [6.07, 6.45) is 0.165. The number of hydrogen-bond acceptors (Lipinski definition) is 5. The molecule has 1 heterocycles. The number of nitro groups is 1. The van der Waals surface area contributed by atoms with Crippen LogP contribution in [0.5, 0.6) is 5.75 Å². The van der Waals surface area contributed by atoms with Gasteiger partial charge in [-0.25, -0.2) is 0 Å². The summed E-state index contributed by atoms with van der Waals surface area (Å²) in [4.78, 5) is 11.9. The fourth-order valence-electron chi connectivity index (χ4n) is 2.24. The molecule has 0 radical (unpaired) electrons. The number of ether oxygens (including phenoxy) is 1. The van der Waals surface area contributed by atoms with E-state index >= 15 is 0 Å². The average Bonchev–Trinajstić information content (AvgIpc) is 2.26. The Hall–Kier alpha value is -1.82. The fourth-order valence-corrected chi connectivity index (χ4v) is 2.24. The summed E-state index contributed by atoms with van der Waals surface area (Å²) in [5.41, 5.74) is 0.334. The summed E-state index contributed by atoms with van der Waals surface area (Å²) in [5, 5.41) is 22.2. The van der Waals surface area contributed by atoms with Gasteiger partial charge in [0.1, 0.15) is 0 Å². The predicted molar refractivity (Wildman–Crippen MR) is 64.8 cm³/mol. The Labute approximate surface area is 105 Å². The minimum Gasteiger partial charge on any atom is -0.868 e. The lowest BCUT2D eigenvalue weighted by Gasteiger charge is -2.37. The SMILES string of the molecule is C[C@@H]1CN(c2ccc([N+](=O)[O-])c([O-])c2)C[C@@H](C)O1. The molecule has 1 aromatic rings. The standard InChI is InChI=1S/C12H16N2O4/c1-8-6-13(7-9(2)18-8)10-3-4-11(14(16)17)12(15)5-10/h3-5,8-9,15H,6-7H2,1-2H3/p-1/t8-,9-/m1/s1. The quantitative estimate of drug-likeness (QED) is 0.584. The highest BCUT2D eigenvalue weighted by molar-refractivity contribution is 5.58. The van der Waals surface area contributed by atoms with Crippen molar-refractivity contribution in [2.24, 2.45) is 0 Å². The number of anilines is 1. The Kier molecular flexibility index (Phi) is 3.38. The Balaban J connectivity index is 2.23. The van der Waals surface area contributed by atoms with Crippen molar-refractivity contribution < 1.29 is 14.8 Å². The van der Waals surface area contributed by atoms with E-state index in [1.807, 2.05) is 18.7 Å². The second kappa shape index (κ2) is 4.81. The first-order chi connectivity index (χ1) is 8.47. The summed E-state index contributed by atoms with van der Waals surface area (Å²) in [6.45, 7) is 5.29. The van der Waals surface area contributed by atoms with Crippen molar-refractivity contribution in [3.05, 3.63) is 28.3 Å². The molecule has 1 fully saturated rings. The van der Waals surface area contributed by atoms with Crippen molar-refractivity contribution >= 4 is 11.4 Å². The summed E-state index contributed by atoms with van der Waals surface area (Å²) < 4.78 is 5.60. The minimum absolute atomic E-state index is 0.0824. The maximum atomic E-state index is 11.6. The monoisotopic (exact) mass is 251 g/mol. The van der Waals surface area contributed by atoms with Gasteiger partial charge in [0.25, 0.3) is 5.69 Å². The van der Waals surface area contributed by atoms with E-state index in [1.54, 1.807) is 6.07 Å². The van der Waals surface area contributed by atoms with Crippen LogP contribution in [0.4, 0.5) is 11.4 Å². The Morgan fingerprint density at radius 2 is 1.94 bits per heavy atom. The fraction of sp³-hybridized carbons (Fsp3) is 0.500.